The Morgan fingerprint density at radius 2 is 1.80 bits per heavy atom. The molecule has 0 aliphatic carbocycles. The molecule has 0 bridgehead atoms. The van der Waals surface area contributed by atoms with Crippen LogP contribution in [-0.2, 0) is 9.47 Å². The molecule has 0 amide bonds. The highest BCUT2D eigenvalue weighted by Crippen LogP contribution is 2.05. The van der Waals surface area contributed by atoms with Crippen LogP contribution in [0.25, 0.3) is 0 Å². The van der Waals surface area contributed by atoms with Gasteiger partial charge < -0.3 is 14.6 Å². The lowest BCUT2D eigenvalue weighted by Crippen LogP contribution is -2.24. The van der Waals surface area contributed by atoms with Crippen molar-refractivity contribution in [3.8, 4) is 0 Å². The van der Waals surface area contributed by atoms with Crippen molar-refractivity contribution in [3.05, 3.63) is 0 Å². The predicted molar refractivity (Wildman–Crippen MR) is 61.8 cm³/mol. The third kappa shape index (κ3) is 8.85. The normalized spacial score (nSPS) is 15.2. The lowest BCUT2D eigenvalue weighted by Gasteiger charge is -2.18. The van der Waals surface area contributed by atoms with E-state index in [1.54, 1.807) is 0 Å². The third-order valence-corrected chi connectivity index (χ3v) is 2.32. The van der Waals surface area contributed by atoms with Crippen LogP contribution >= 0.6 is 0 Å². The number of hydrogen-bond acceptors (Lipinski definition) is 3. The fourth-order valence-electron chi connectivity index (χ4n) is 1.23. The van der Waals surface area contributed by atoms with E-state index < -0.39 is 6.29 Å². The second-order valence-electron chi connectivity index (χ2n) is 3.83. The van der Waals surface area contributed by atoms with Crippen molar-refractivity contribution in [2.24, 2.45) is 0 Å². The molecule has 0 heterocycles. The summed E-state index contributed by atoms with van der Waals surface area (Å²) in [7, 11) is 0. The van der Waals surface area contributed by atoms with Crippen LogP contribution in [0.15, 0.2) is 0 Å². The van der Waals surface area contributed by atoms with Gasteiger partial charge in [-0.3, -0.25) is 0 Å². The second-order valence-corrected chi connectivity index (χ2v) is 3.83. The molecule has 92 valence electrons. The summed E-state index contributed by atoms with van der Waals surface area (Å²) in [6.07, 6.45) is 4.31. The van der Waals surface area contributed by atoms with Crippen LogP contribution in [-0.4, -0.2) is 30.7 Å². The molecule has 3 heteroatoms. The van der Waals surface area contributed by atoms with E-state index >= 15 is 0 Å². The third-order valence-electron chi connectivity index (χ3n) is 2.32. The molecule has 0 saturated carbocycles. The van der Waals surface area contributed by atoms with Gasteiger partial charge in [0.25, 0.3) is 0 Å². The van der Waals surface area contributed by atoms with Crippen LogP contribution < -0.4 is 0 Å². The van der Waals surface area contributed by atoms with E-state index in [-0.39, 0.29) is 6.10 Å². The van der Waals surface area contributed by atoms with Crippen molar-refractivity contribution in [3.63, 3.8) is 0 Å². The molecular weight excluding hydrogens is 192 g/mol. The highest BCUT2D eigenvalue weighted by Gasteiger charge is 2.09. The standard InChI is InChI=1S/C12H26O3/c1-4-7-9-14-11(6-3)10-15-12(13)8-5-2/h11-13H,4-10H2,1-3H3. The molecule has 0 aromatic rings. The summed E-state index contributed by atoms with van der Waals surface area (Å²) in [5, 5.41) is 9.39. The van der Waals surface area contributed by atoms with Crippen molar-refractivity contribution in [1.29, 1.82) is 0 Å². The smallest absolute Gasteiger partial charge is 0.154 e. The maximum absolute atomic E-state index is 9.39. The lowest BCUT2D eigenvalue weighted by molar-refractivity contribution is -0.134. The van der Waals surface area contributed by atoms with Gasteiger partial charge in [0.1, 0.15) is 0 Å². The minimum Gasteiger partial charge on any atom is -0.376 e. The topological polar surface area (TPSA) is 38.7 Å². The summed E-state index contributed by atoms with van der Waals surface area (Å²) in [5.41, 5.74) is 0. The zero-order valence-electron chi connectivity index (χ0n) is 10.4. The van der Waals surface area contributed by atoms with Gasteiger partial charge >= 0.3 is 0 Å². The van der Waals surface area contributed by atoms with E-state index in [1.807, 2.05) is 6.92 Å². The van der Waals surface area contributed by atoms with E-state index in [4.69, 9.17) is 9.47 Å². The molecule has 0 spiro atoms. The van der Waals surface area contributed by atoms with Gasteiger partial charge in [-0.15, -0.1) is 0 Å². The first-order valence-corrected chi connectivity index (χ1v) is 6.15. The maximum Gasteiger partial charge on any atom is 0.154 e. The lowest BCUT2D eigenvalue weighted by atomic mass is 10.3. The Labute approximate surface area is 93.8 Å². The van der Waals surface area contributed by atoms with Gasteiger partial charge in [0.2, 0.25) is 0 Å². The average Bonchev–Trinajstić information content (AvgIpc) is 2.23. The van der Waals surface area contributed by atoms with E-state index in [2.05, 4.69) is 13.8 Å². The monoisotopic (exact) mass is 218 g/mol. The molecule has 0 fully saturated rings. The average molecular weight is 218 g/mol. The highest BCUT2D eigenvalue weighted by molar-refractivity contribution is 4.54. The SMILES string of the molecule is CCCCOC(CC)COC(O)CCC. The minimum absolute atomic E-state index is 0.128. The molecule has 0 aromatic heterocycles. The van der Waals surface area contributed by atoms with Gasteiger partial charge in [-0.1, -0.05) is 33.6 Å². The minimum atomic E-state index is -0.626. The number of hydrogen-bond donors (Lipinski definition) is 1. The molecule has 1 N–H and O–H groups in total. The molecule has 0 rings (SSSR count). The van der Waals surface area contributed by atoms with E-state index in [1.165, 1.54) is 0 Å². The first kappa shape index (κ1) is 14.9. The fraction of sp³-hybridized carbons (Fsp3) is 1.00. The Morgan fingerprint density at radius 1 is 1.07 bits per heavy atom. The van der Waals surface area contributed by atoms with Crippen molar-refractivity contribution < 1.29 is 14.6 Å². The van der Waals surface area contributed by atoms with Gasteiger partial charge in [-0.05, 0) is 19.3 Å². The van der Waals surface area contributed by atoms with Crippen LogP contribution in [0.5, 0.6) is 0 Å². The van der Waals surface area contributed by atoms with Gasteiger partial charge in [-0.25, -0.2) is 0 Å². The molecule has 0 aliphatic heterocycles. The van der Waals surface area contributed by atoms with E-state index in [0.717, 1.165) is 32.3 Å². The van der Waals surface area contributed by atoms with Gasteiger partial charge in [0.15, 0.2) is 6.29 Å². The molecule has 0 radical (unpaired) electrons. The zero-order chi connectivity index (χ0) is 11.5. The number of ether oxygens (including phenoxy) is 2. The van der Waals surface area contributed by atoms with Crippen LogP contribution in [0, 0.1) is 0 Å². The maximum atomic E-state index is 9.39. The molecular formula is C12H26O3. The van der Waals surface area contributed by atoms with E-state index in [9.17, 15) is 5.11 Å². The Hall–Kier alpha value is -0.120. The number of rotatable bonds is 10. The van der Waals surface area contributed by atoms with Crippen molar-refractivity contribution in [2.45, 2.75) is 65.3 Å². The summed E-state index contributed by atoms with van der Waals surface area (Å²) < 4.78 is 10.9. The molecule has 0 aliphatic rings. The van der Waals surface area contributed by atoms with Gasteiger partial charge in [-0.2, -0.15) is 0 Å². The van der Waals surface area contributed by atoms with Crippen LogP contribution in [0.4, 0.5) is 0 Å². The Morgan fingerprint density at radius 3 is 2.33 bits per heavy atom. The number of aliphatic hydroxyl groups excluding tert-OH is 1. The molecule has 3 nitrogen and oxygen atoms in total. The summed E-state index contributed by atoms with van der Waals surface area (Å²) in [4.78, 5) is 0. The van der Waals surface area contributed by atoms with Crippen LogP contribution in [0.3, 0.4) is 0 Å². The number of aliphatic hydroxyl groups is 1. The van der Waals surface area contributed by atoms with Crippen LogP contribution in [0.1, 0.15) is 52.9 Å². The van der Waals surface area contributed by atoms with Crippen molar-refractivity contribution in [2.75, 3.05) is 13.2 Å². The molecule has 0 saturated heterocycles. The molecule has 15 heavy (non-hydrogen) atoms. The fourth-order valence-corrected chi connectivity index (χ4v) is 1.23. The summed E-state index contributed by atoms with van der Waals surface area (Å²) in [6, 6.07) is 0. The van der Waals surface area contributed by atoms with Crippen LogP contribution in [0.2, 0.25) is 0 Å². The van der Waals surface area contributed by atoms with Gasteiger partial charge in [0.05, 0.1) is 12.7 Å². The first-order valence-electron chi connectivity index (χ1n) is 6.15. The van der Waals surface area contributed by atoms with Crippen molar-refractivity contribution in [1.82, 2.24) is 0 Å². The quantitative estimate of drug-likeness (QED) is 0.452. The van der Waals surface area contributed by atoms with E-state index in [0.29, 0.717) is 13.0 Å². The zero-order valence-corrected chi connectivity index (χ0v) is 10.4. The van der Waals surface area contributed by atoms with Gasteiger partial charge in [0, 0.05) is 6.61 Å². The highest BCUT2D eigenvalue weighted by atomic mass is 16.6. The predicted octanol–water partition coefficient (Wildman–Crippen LogP) is 2.72. The summed E-state index contributed by atoms with van der Waals surface area (Å²) in [6.45, 7) is 7.54. The Kier molecular flexibility index (Phi) is 10.3. The Bertz CT molecular complexity index is 128. The first-order chi connectivity index (χ1) is 7.24. The second kappa shape index (κ2) is 10.4. The molecule has 2 atom stereocenters. The van der Waals surface area contributed by atoms with Crippen molar-refractivity contribution >= 4 is 0 Å². The largest absolute Gasteiger partial charge is 0.376 e. The summed E-state index contributed by atoms with van der Waals surface area (Å²) >= 11 is 0. The Balaban J connectivity index is 3.51. The molecule has 2 unspecified atom stereocenters. The molecule has 0 aromatic carbocycles. The summed E-state index contributed by atoms with van der Waals surface area (Å²) in [5.74, 6) is 0. The number of unbranched alkanes of at least 4 members (excludes halogenated alkanes) is 1.